The lowest BCUT2D eigenvalue weighted by atomic mass is 10.1. The Morgan fingerprint density at radius 1 is 0.968 bits per heavy atom. The molecule has 2 saturated carbocycles. The van der Waals surface area contributed by atoms with Gasteiger partial charge >= 0.3 is 5.97 Å². The van der Waals surface area contributed by atoms with Gasteiger partial charge in [-0.05, 0) is 71.9 Å². The lowest BCUT2D eigenvalue weighted by Crippen LogP contribution is -1.97. The third kappa shape index (κ3) is 5.81. The summed E-state index contributed by atoms with van der Waals surface area (Å²) in [4.78, 5) is 20.8. The SMILES string of the molecule is COc1ccc(C2CC2CC(=O)O)cc1F.COc1ccc(C2CC2CC=O)cc1F. The molecule has 31 heavy (non-hydrogen) atoms. The first-order chi connectivity index (χ1) is 14.9. The molecule has 0 heterocycles. The summed E-state index contributed by atoms with van der Waals surface area (Å²) in [6.07, 6.45) is 3.50. The van der Waals surface area contributed by atoms with Gasteiger partial charge in [0.1, 0.15) is 6.29 Å². The summed E-state index contributed by atoms with van der Waals surface area (Å²) in [5.41, 5.74) is 1.84. The minimum atomic E-state index is -0.790. The predicted octanol–water partition coefficient (Wildman–Crippen LogP) is 4.94. The number of benzene rings is 2. The van der Waals surface area contributed by atoms with E-state index in [9.17, 15) is 18.4 Å². The Labute approximate surface area is 180 Å². The van der Waals surface area contributed by atoms with Gasteiger partial charge in [-0.2, -0.15) is 0 Å². The highest BCUT2D eigenvalue weighted by atomic mass is 19.1. The maximum absolute atomic E-state index is 13.4. The summed E-state index contributed by atoms with van der Waals surface area (Å²) < 4.78 is 36.4. The number of carboxylic acids is 1. The molecule has 0 saturated heterocycles. The normalized spacial score (nSPS) is 23.2. The molecule has 2 aromatic carbocycles. The molecule has 4 unspecified atom stereocenters. The van der Waals surface area contributed by atoms with Crippen molar-refractivity contribution in [3.8, 4) is 11.5 Å². The largest absolute Gasteiger partial charge is 0.494 e. The van der Waals surface area contributed by atoms with Gasteiger partial charge in [0, 0.05) is 12.8 Å². The van der Waals surface area contributed by atoms with E-state index in [2.05, 4.69) is 0 Å². The summed E-state index contributed by atoms with van der Waals surface area (Å²) in [7, 11) is 2.87. The number of halogens is 2. The molecule has 2 aliphatic rings. The van der Waals surface area contributed by atoms with Gasteiger partial charge in [-0.3, -0.25) is 4.79 Å². The number of hydrogen-bond donors (Lipinski definition) is 1. The monoisotopic (exact) mass is 432 g/mol. The average Bonchev–Trinajstić information content (AvgIpc) is 3.65. The van der Waals surface area contributed by atoms with Crippen LogP contribution in [0.2, 0.25) is 0 Å². The van der Waals surface area contributed by atoms with Crippen LogP contribution in [0, 0.1) is 23.5 Å². The van der Waals surface area contributed by atoms with Crippen LogP contribution in [0.25, 0.3) is 0 Å². The van der Waals surface area contributed by atoms with Crippen LogP contribution in [0.5, 0.6) is 11.5 Å². The van der Waals surface area contributed by atoms with Crippen molar-refractivity contribution >= 4 is 12.3 Å². The molecule has 7 heteroatoms. The minimum absolute atomic E-state index is 0.158. The van der Waals surface area contributed by atoms with Gasteiger partial charge in [0.15, 0.2) is 23.1 Å². The summed E-state index contributed by atoms with van der Waals surface area (Å²) in [6.45, 7) is 0. The summed E-state index contributed by atoms with van der Waals surface area (Å²) >= 11 is 0. The molecule has 166 valence electrons. The molecule has 0 radical (unpaired) electrons. The first-order valence-electron chi connectivity index (χ1n) is 10.2. The number of ether oxygens (including phenoxy) is 2. The van der Waals surface area contributed by atoms with E-state index >= 15 is 0 Å². The van der Waals surface area contributed by atoms with Crippen LogP contribution in [0.4, 0.5) is 8.78 Å². The van der Waals surface area contributed by atoms with E-state index in [-0.39, 0.29) is 41.4 Å². The smallest absolute Gasteiger partial charge is 0.303 e. The highest BCUT2D eigenvalue weighted by Gasteiger charge is 2.40. The molecule has 0 aliphatic heterocycles. The van der Waals surface area contributed by atoms with Gasteiger partial charge in [0.25, 0.3) is 0 Å². The van der Waals surface area contributed by atoms with Crippen molar-refractivity contribution in [3.63, 3.8) is 0 Å². The van der Waals surface area contributed by atoms with E-state index in [0.29, 0.717) is 18.3 Å². The predicted molar refractivity (Wildman–Crippen MR) is 111 cm³/mol. The fourth-order valence-electron chi connectivity index (χ4n) is 3.97. The average molecular weight is 432 g/mol. The number of carbonyl (C=O) groups is 2. The third-order valence-electron chi connectivity index (χ3n) is 5.89. The molecule has 0 spiro atoms. The minimum Gasteiger partial charge on any atom is -0.494 e. The molecule has 0 aromatic heterocycles. The van der Waals surface area contributed by atoms with E-state index in [0.717, 1.165) is 30.3 Å². The summed E-state index contributed by atoms with van der Waals surface area (Å²) in [6, 6.07) is 9.84. The lowest BCUT2D eigenvalue weighted by molar-refractivity contribution is -0.137. The summed E-state index contributed by atoms with van der Waals surface area (Å²) in [5.74, 6) is 0.104. The van der Waals surface area contributed by atoms with E-state index in [4.69, 9.17) is 14.6 Å². The number of rotatable bonds is 8. The highest BCUT2D eigenvalue weighted by Crippen LogP contribution is 2.50. The Morgan fingerprint density at radius 3 is 1.87 bits per heavy atom. The fourth-order valence-corrected chi connectivity index (χ4v) is 3.97. The molecule has 0 bridgehead atoms. The number of aldehydes is 1. The van der Waals surface area contributed by atoms with Crippen LogP contribution in [-0.2, 0) is 9.59 Å². The zero-order valence-electron chi connectivity index (χ0n) is 17.5. The lowest BCUT2D eigenvalue weighted by Gasteiger charge is -2.04. The number of hydrogen-bond acceptors (Lipinski definition) is 4. The first-order valence-corrected chi connectivity index (χ1v) is 10.2. The van der Waals surface area contributed by atoms with Gasteiger partial charge in [-0.15, -0.1) is 0 Å². The van der Waals surface area contributed by atoms with Crippen LogP contribution in [0.1, 0.15) is 48.6 Å². The molecule has 4 rings (SSSR count). The molecular formula is C24H26F2O5. The van der Waals surface area contributed by atoms with Crippen molar-refractivity contribution < 1.29 is 33.0 Å². The Kier molecular flexibility index (Phi) is 7.25. The first kappa shape index (κ1) is 22.7. The second kappa shape index (κ2) is 9.90. The Balaban J connectivity index is 0.000000176. The van der Waals surface area contributed by atoms with E-state index in [1.54, 1.807) is 18.2 Å². The van der Waals surface area contributed by atoms with Crippen molar-refractivity contribution in [1.82, 2.24) is 0 Å². The maximum atomic E-state index is 13.4. The Morgan fingerprint density at radius 2 is 1.45 bits per heavy atom. The second-order valence-electron chi connectivity index (χ2n) is 7.99. The Hall–Kier alpha value is -2.96. The van der Waals surface area contributed by atoms with Crippen molar-refractivity contribution in [1.29, 1.82) is 0 Å². The van der Waals surface area contributed by atoms with E-state index < -0.39 is 5.97 Å². The highest BCUT2D eigenvalue weighted by molar-refractivity contribution is 5.68. The number of carboxylic acid groups (broad SMARTS) is 1. The number of aliphatic carboxylic acids is 1. The standard InChI is InChI=1S/C12H13FO3.C12H13FO2/c1-16-11-3-2-7(5-10(11)13)9-4-8(9)6-12(14)15;1-15-12-3-2-8(7-11(12)13)10-6-9(10)4-5-14/h2-3,5,8-9H,4,6H2,1H3,(H,14,15);2-3,5,7,9-10H,4,6H2,1H3. The number of methoxy groups -OCH3 is 2. The molecule has 2 fully saturated rings. The zero-order chi connectivity index (χ0) is 22.5. The zero-order valence-corrected chi connectivity index (χ0v) is 17.5. The topological polar surface area (TPSA) is 72.8 Å². The molecular weight excluding hydrogens is 406 g/mol. The van der Waals surface area contributed by atoms with Gasteiger partial charge in [-0.1, -0.05) is 12.1 Å². The quantitative estimate of drug-likeness (QED) is 0.598. The van der Waals surface area contributed by atoms with Crippen LogP contribution in [0.3, 0.4) is 0 Å². The fraction of sp³-hybridized carbons (Fsp3) is 0.417. The maximum Gasteiger partial charge on any atom is 0.303 e. The molecule has 4 atom stereocenters. The van der Waals surface area contributed by atoms with Crippen LogP contribution in [-0.4, -0.2) is 31.6 Å². The van der Waals surface area contributed by atoms with Crippen LogP contribution >= 0.6 is 0 Å². The van der Waals surface area contributed by atoms with Crippen LogP contribution < -0.4 is 9.47 Å². The van der Waals surface area contributed by atoms with Crippen molar-refractivity contribution in [2.24, 2.45) is 11.8 Å². The van der Waals surface area contributed by atoms with Crippen molar-refractivity contribution in [2.75, 3.05) is 14.2 Å². The molecule has 5 nitrogen and oxygen atoms in total. The van der Waals surface area contributed by atoms with E-state index in [1.165, 1.54) is 26.4 Å². The number of carbonyl (C=O) groups excluding carboxylic acids is 1. The van der Waals surface area contributed by atoms with E-state index in [1.807, 2.05) is 6.07 Å². The van der Waals surface area contributed by atoms with Gasteiger partial charge in [0.2, 0.25) is 0 Å². The van der Waals surface area contributed by atoms with Gasteiger partial charge in [-0.25, -0.2) is 8.78 Å². The molecule has 2 aliphatic carbocycles. The molecule has 2 aromatic rings. The van der Waals surface area contributed by atoms with Gasteiger partial charge in [0.05, 0.1) is 14.2 Å². The van der Waals surface area contributed by atoms with Gasteiger partial charge < -0.3 is 19.4 Å². The third-order valence-corrected chi connectivity index (χ3v) is 5.89. The van der Waals surface area contributed by atoms with Crippen molar-refractivity contribution in [2.45, 2.75) is 37.5 Å². The molecule has 0 amide bonds. The van der Waals surface area contributed by atoms with Crippen LogP contribution in [0.15, 0.2) is 36.4 Å². The molecule has 1 N–H and O–H groups in total. The summed E-state index contributed by atoms with van der Waals surface area (Å²) in [5, 5.41) is 8.63. The Bertz CT molecular complexity index is 946. The van der Waals surface area contributed by atoms with Crippen molar-refractivity contribution in [3.05, 3.63) is 59.2 Å². The second-order valence-corrected chi connectivity index (χ2v) is 7.99.